The van der Waals surface area contributed by atoms with Gasteiger partial charge in [-0.2, -0.15) is 0 Å². The molecule has 2 N–H and O–H groups in total. The molecule has 21 heavy (non-hydrogen) atoms. The van der Waals surface area contributed by atoms with E-state index in [1.165, 1.54) is 0 Å². The zero-order chi connectivity index (χ0) is 15.8. The highest BCUT2D eigenvalue weighted by molar-refractivity contribution is 6.31. The minimum Gasteiger partial charge on any atom is -0.355 e. The Hall–Kier alpha value is -1.59. The molecule has 2 amide bonds. The Bertz CT molecular complexity index is 506. The molecule has 0 saturated heterocycles. The maximum atomic E-state index is 11.9. The zero-order valence-electron chi connectivity index (χ0n) is 12.7. The van der Waals surface area contributed by atoms with Crippen molar-refractivity contribution in [3.63, 3.8) is 0 Å². The molecule has 0 saturated carbocycles. The first-order valence-electron chi connectivity index (χ1n) is 6.93. The molecule has 1 aromatic carbocycles. The van der Waals surface area contributed by atoms with Crippen molar-refractivity contribution in [1.82, 2.24) is 10.2 Å². The molecule has 116 valence electrons. The number of hydrogen-bond acceptors (Lipinski definition) is 3. The quantitative estimate of drug-likeness (QED) is 0.810. The van der Waals surface area contributed by atoms with Gasteiger partial charge in [0, 0.05) is 17.3 Å². The van der Waals surface area contributed by atoms with Crippen LogP contribution in [0.4, 0.5) is 5.69 Å². The van der Waals surface area contributed by atoms with Crippen molar-refractivity contribution < 1.29 is 9.59 Å². The van der Waals surface area contributed by atoms with Crippen LogP contribution in [0.1, 0.15) is 18.9 Å². The summed E-state index contributed by atoms with van der Waals surface area (Å²) < 4.78 is 0. The van der Waals surface area contributed by atoms with Crippen molar-refractivity contribution >= 4 is 29.1 Å². The van der Waals surface area contributed by atoms with E-state index < -0.39 is 0 Å². The lowest BCUT2D eigenvalue weighted by molar-refractivity contribution is -0.122. The number of carbonyl (C=O) groups is 2. The van der Waals surface area contributed by atoms with E-state index in [0.29, 0.717) is 17.3 Å². The largest absolute Gasteiger partial charge is 0.355 e. The van der Waals surface area contributed by atoms with Gasteiger partial charge < -0.3 is 10.6 Å². The van der Waals surface area contributed by atoms with Crippen LogP contribution in [0.15, 0.2) is 18.2 Å². The molecule has 0 atom stereocenters. The van der Waals surface area contributed by atoms with E-state index in [2.05, 4.69) is 10.6 Å². The van der Waals surface area contributed by atoms with Gasteiger partial charge in [0.2, 0.25) is 11.8 Å². The minimum atomic E-state index is -0.180. The van der Waals surface area contributed by atoms with Gasteiger partial charge in [-0.3, -0.25) is 14.5 Å². The van der Waals surface area contributed by atoms with Crippen LogP contribution < -0.4 is 10.6 Å². The second-order valence-corrected chi connectivity index (χ2v) is 5.44. The first kappa shape index (κ1) is 17.5. The van der Waals surface area contributed by atoms with Crippen LogP contribution in [0.3, 0.4) is 0 Å². The molecule has 0 bridgehead atoms. The molecule has 0 aliphatic rings. The average molecular weight is 312 g/mol. The van der Waals surface area contributed by atoms with Gasteiger partial charge in [-0.1, -0.05) is 24.6 Å². The fraction of sp³-hybridized carbons (Fsp3) is 0.467. The van der Waals surface area contributed by atoms with Gasteiger partial charge in [-0.15, -0.1) is 0 Å². The second-order valence-electron chi connectivity index (χ2n) is 5.03. The Balaban J connectivity index is 2.42. The second kappa shape index (κ2) is 8.64. The standard InChI is InChI=1S/C15H22ClN3O2/c1-4-7-17-14(20)9-19(3)10-15(21)18-12-6-5-11(2)13(16)8-12/h5-6,8H,4,7,9-10H2,1-3H3,(H,17,20)(H,18,21). The summed E-state index contributed by atoms with van der Waals surface area (Å²) in [5.41, 5.74) is 1.61. The number of likely N-dealkylation sites (N-methyl/N-ethyl adjacent to an activating group) is 1. The van der Waals surface area contributed by atoms with Gasteiger partial charge in [0.25, 0.3) is 0 Å². The highest BCUT2D eigenvalue weighted by Crippen LogP contribution is 2.19. The van der Waals surface area contributed by atoms with Crippen molar-refractivity contribution in [1.29, 1.82) is 0 Å². The third-order valence-corrected chi connectivity index (χ3v) is 3.26. The van der Waals surface area contributed by atoms with E-state index in [4.69, 9.17) is 11.6 Å². The van der Waals surface area contributed by atoms with Gasteiger partial charge in [-0.05, 0) is 38.1 Å². The molecule has 1 rings (SSSR count). The smallest absolute Gasteiger partial charge is 0.238 e. The van der Waals surface area contributed by atoms with Gasteiger partial charge in [0.15, 0.2) is 0 Å². The van der Waals surface area contributed by atoms with Gasteiger partial charge in [0.05, 0.1) is 13.1 Å². The van der Waals surface area contributed by atoms with Crippen LogP contribution in [-0.4, -0.2) is 43.4 Å². The topological polar surface area (TPSA) is 61.4 Å². The van der Waals surface area contributed by atoms with Gasteiger partial charge in [-0.25, -0.2) is 0 Å². The molecule has 0 unspecified atom stereocenters. The summed E-state index contributed by atoms with van der Waals surface area (Å²) in [6.45, 7) is 4.88. The Kier molecular flexibility index (Phi) is 7.19. The third-order valence-electron chi connectivity index (χ3n) is 2.85. The summed E-state index contributed by atoms with van der Waals surface area (Å²) in [6.07, 6.45) is 0.893. The number of benzene rings is 1. The summed E-state index contributed by atoms with van der Waals surface area (Å²) in [4.78, 5) is 25.1. The third kappa shape index (κ3) is 6.60. The number of hydrogen-bond donors (Lipinski definition) is 2. The van der Waals surface area contributed by atoms with Gasteiger partial charge >= 0.3 is 0 Å². The number of aryl methyl sites for hydroxylation is 1. The van der Waals surface area contributed by atoms with E-state index in [1.807, 2.05) is 19.9 Å². The molecule has 6 heteroatoms. The fourth-order valence-electron chi connectivity index (χ4n) is 1.74. The van der Waals surface area contributed by atoms with E-state index in [1.54, 1.807) is 24.1 Å². The molecule has 0 aliphatic carbocycles. The predicted octanol–water partition coefficient (Wildman–Crippen LogP) is 2.04. The highest BCUT2D eigenvalue weighted by atomic mass is 35.5. The van der Waals surface area contributed by atoms with Crippen molar-refractivity contribution in [3.05, 3.63) is 28.8 Å². The van der Waals surface area contributed by atoms with E-state index >= 15 is 0 Å². The molecule has 0 radical (unpaired) electrons. The first-order chi connectivity index (χ1) is 9.92. The summed E-state index contributed by atoms with van der Waals surface area (Å²) >= 11 is 6.01. The van der Waals surface area contributed by atoms with E-state index in [-0.39, 0.29) is 24.9 Å². The SMILES string of the molecule is CCCNC(=O)CN(C)CC(=O)Nc1ccc(C)c(Cl)c1. The van der Waals surface area contributed by atoms with Crippen molar-refractivity contribution in [2.75, 3.05) is 32.0 Å². The molecular weight excluding hydrogens is 290 g/mol. The number of rotatable bonds is 7. The summed E-state index contributed by atoms with van der Waals surface area (Å²) in [5, 5.41) is 6.14. The molecule has 5 nitrogen and oxygen atoms in total. The van der Waals surface area contributed by atoms with Crippen LogP contribution in [0, 0.1) is 6.92 Å². The molecule has 0 aliphatic heterocycles. The Morgan fingerprint density at radius 3 is 2.52 bits per heavy atom. The van der Waals surface area contributed by atoms with Crippen LogP contribution in [0.2, 0.25) is 5.02 Å². The predicted molar refractivity (Wildman–Crippen MR) is 85.6 cm³/mol. The lowest BCUT2D eigenvalue weighted by Gasteiger charge is -2.16. The van der Waals surface area contributed by atoms with Crippen molar-refractivity contribution in [2.45, 2.75) is 20.3 Å². The monoisotopic (exact) mass is 311 g/mol. The van der Waals surface area contributed by atoms with Gasteiger partial charge in [0.1, 0.15) is 0 Å². The highest BCUT2D eigenvalue weighted by Gasteiger charge is 2.10. The Labute approximate surface area is 130 Å². The van der Waals surface area contributed by atoms with E-state index in [9.17, 15) is 9.59 Å². The number of halogens is 1. The van der Waals surface area contributed by atoms with Crippen molar-refractivity contribution in [3.8, 4) is 0 Å². The number of amides is 2. The molecular formula is C15H22ClN3O2. The summed E-state index contributed by atoms with van der Waals surface area (Å²) in [6, 6.07) is 5.36. The van der Waals surface area contributed by atoms with Crippen LogP contribution >= 0.6 is 11.6 Å². The average Bonchev–Trinajstić information content (AvgIpc) is 2.40. The minimum absolute atomic E-state index is 0.0782. The van der Waals surface area contributed by atoms with Crippen LogP contribution in [-0.2, 0) is 9.59 Å². The molecule has 0 heterocycles. The number of nitrogens with one attached hydrogen (secondary N) is 2. The number of anilines is 1. The maximum absolute atomic E-state index is 11.9. The molecule has 0 aromatic heterocycles. The molecule has 0 fully saturated rings. The first-order valence-corrected chi connectivity index (χ1v) is 7.31. The lowest BCUT2D eigenvalue weighted by Crippen LogP contribution is -2.39. The number of carbonyl (C=O) groups excluding carboxylic acids is 2. The normalized spacial score (nSPS) is 10.5. The van der Waals surface area contributed by atoms with E-state index in [0.717, 1.165) is 12.0 Å². The number of nitrogens with zero attached hydrogens (tertiary/aromatic N) is 1. The zero-order valence-corrected chi connectivity index (χ0v) is 13.5. The fourth-order valence-corrected chi connectivity index (χ4v) is 1.92. The molecule has 1 aromatic rings. The summed E-state index contributed by atoms with van der Waals surface area (Å²) in [5.74, 6) is -0.258. The lowest BCUT2D eigenvalue weighted by atomic mass is 10.2. The summed E-state index contributed by atoms with van der Waals surface area (Å²) in [7, 11) is 1.73. The van der Waals surface area contributed by atoms with Crippen LogP contribution in [0.5, 0.6) is 0 Å². The van der Waals surface area contributed by atoms with Crippen molar-refractivity contribution in [2.24, 2.45) is 0 Å². The Morgan fingerprint density at radius 2 is 1.90 bits per heavy atom. The van der Waals surface area contributed by atoms with Crippen LogP contribution in [0.25, 0.3) is 0 Å². The maximum Gasteiger partial charge on any atom is 0.238 e. The Morgan fingerprint density at radius 1 is 1.24 bits per heavy atom. The molecule has 0 spiro atoms.